The second-order valence-corrected chi connectivity index (χ2v) is 2.73. The van der Waals surface area contributed by atoms with E-state index < -0.39 is 5.17 Å². The van der Waals surface area contributed by atoms with Crippen molar-refractivity contribution in [2.45, 2.75) is 13.8 Å². The van der Waals surface area contributed by atoms with Crippen LogP contribution >= 0.6 is 24.4 Å². The molecule has 80 valence electrons. The third-order valence-electron chi connectivity index (χ3n) is 1.02. The fourth-order valence-electron chi connectivity index (χ4n) is 0.517. The number of hydrogen-bond acceptors (Lipinski definition) is 3. The first-order valence-electron chi connectivity index (χ1n) is 3.66. The number of nitrogens with one attached hydrogen (secondary N) is 1. The molecule has 5 nitrogen and oxygen atoms in total. The molecule has 0 unspecified atom stereocenters. The van der Waals surface area contributed by atoms with Crippen molar-refractivity contribution in [2.24, 2.45) is 5.73 Å². The summed E-state index contributed by atoms with van der Waals surface area (Å²) in [5, 5.41) is 17.3. The molecule has 0 saturated carbocycles. The first kappa shape index (κ1) is 19.8. The second kappa shape index (κ2) is 13.3. The molecular formula is C6H16N3NaO2S2. The number of hydrogen-bond donors (Lipinski definition) is 4. The molecule has 0 aliphatic heterocycles. The summed E-state index contributed by atoms with van der Waals surface area (Å²) in [6.45, 7) is 5.62. The minimum absolute atomic E-state index is 0. The number of nitrogens with zero attached hydrogens (tertiary/aromatic N) is 1. The van der Waals surface area contributed by atoms with Crippen molar-refractivity contribution in [2.75, 3.05) is 13.1 Å². The Morgan fingerprint density at radius 3 is 1.64 bits per heavy atom. The van der Waals surface area contributed by atoms with Gasteiger partial charge in [0.25, 0.3) is 10.3 Å². The van der Waals surface area contributed by atoms with Crippen molar-refractivity contribution in [1.29, 1.82) is 0 Å². The zero-order valence-electron chi connectivity index (χ0n) is 7.65. The normalized spacial score (nSPS) is 7.93. The molecule has 5 N–H and O–H groups in total. The van der Waals surface area contributed by atoms with Crippen LogP contribution in [0.5, 0.6) is 0 Å². The molecule has 8 heteroatoms. The fourth-order valence-corrected chi connectivity index (χ4v) is 0.646. The molecular weight excluding hydrogens is 233 g/mol. The van der Waals surface area contributed by atoms with E-state index in [-0.39, 0.29) is 34.7 Å². The summed E-state index contributed by atoms with van der Waals surface area (Å²) in [4.78, 5) is 0. The molecule has 0 radical (unpaired) electrons. The Morgan fingerprint density at radius 2 is 1.57 bits per heavy atom. The molecule has 0 saturated heterocycles. The average Bonchev–Trinajstić information content (AvgIpc) is 1.98. The van der Waals surface area contributed by atoms with Crippen LogP contribution < -0.4 is 11.2 Å². The fraction of sp³-hybridized carbons (Fsp3) is 0.667. The van der Waals surface area contributed by atoms with Gasteiger partial charge in [-0.05, 0) is 24.4 Å². The van der Waals surface area contributed by atoms with Crippen molar-refractivity contribution in [3.8, 4) is 0 Å². The molecule has 0 bridgehead atoms. The summed E-state index contributed by atoms with van der Waals surface area (Å²) < 4.78 is 0. The van der Waals surface area contributed by atoms with Crippen LogP contribution in [0.4, 0.5) is 0 Å². The van der Waals surface area contributed by atoms with Gasteiger partial charge < -0.3 is 15.9 Å². The van der Waals surface area contributed by atoms with Crippen molar-refractivity contribution in [3.05, 3.63) is 0 Å². The quantitative estimate of drug-likeness (QED) is 0.314. The number of aliphatic hydroxyl groups excluding tert-OH is 2. The summed E-state index contributed by atoms with van der Waals surface area (Å²) >= 11 is 8.28. The molecule has 0 rings (SSSR count). The zero-order chi connectivity index (χ0) is 10.9. The third kappa shape index (κ3) is 22.8. The summed E-state index contributed by atoms with van der Waals surface area (Å²) in [6.07, 6.45) is 0. The van der Waals surface area contributed by atoms with Crippen LogP contribution in [0.15, 0.2) is 0 Å². The van der Waals surface area contributed by atoms with Crippen LogP contribution in [0.1, 0.15) is 13.8 Å². The van der Waals surface area contributed by atoms with Gasteiger partial charge in [0.1, 0.15) is 0 Å². The minimum atomic E-state index is -0.500. The molecule has 0 aromatic carbocycles. The Hall–Kier alpha value is 0.340. The SMILES string of the molecule is CCN(CC)NC(O)=S.NC(O)=S.[NaH]. The number of nitrogens with two attached hydrogens (primary N) is 1. The van der Waals surface area contributed by atoms with E-state index in [0.29, 0.717) is 0 Å². The van der Waals surface area contributed by atoms with Crippen LogP contribution in [-0.2, 0) is 0 Å². The standard InChI is InChI=1S/C5H12N2OS.CH3NOS.Na.H/c1-3-7(4-2)6-5(8)9;2-1(3)4;;/h3-4H2,1-2H3,(H2,6,8,9);(H3,2,3,4);;. The van der Waals surface area contributed by atoms with E-state index >= 15 is 0 Å². The van der Waals surface area contributed by atoms with E-state index in [0.717, 1.165) is 13.1 Å². The Balaban J connectivity index is -0.000000209. The predicted molar refractivity (Wildman–Crippen MR) is 67.8 cm³/mol. The van der Waals surface area contributed by atoms with Crippen LogP contribution in [0, 0.1) is 0 Å². The van der Waals surface area contributed by atoms with Crippen molar-refractivity contribution in [1.82, 2.24) is 10.4 Å². The third-order valence-corrected chi connectivity index (χ3v) is 1.11. The van der Waals surface area contributed by atoms with Gasteiger partial charge in [0, 0.05) is 13.1 Å². The van der Waals surface area contributed by atoms with Gasteiger partial charge in [-0.1, -0.05) is 13.8 Å². The molecule has 14 heavy (non-hydrogen) atoms. The molecule has 0 aromatic rings. The number of thiocarbonyl (C=S) groups is 2. The van der Waals surface area contributed by atoms with Crippen LogP contribution in [0.2, 0.25) is 0 Å². The molecule has 0 aromatic heterocycles. The predicted octanol–water partition coefficient (Wildman–Crippen LogP) is -0.185. The Labute approximate surface area is 117 Å². The van der Waals surface area contributed by atoms with E-state index in [2.05, 4.69) is 35.6 Å². The van der Waals surface area contributed by atoms with E-state index in [1.165, 1.54) is 0 Å². The van der Waals surface area contributed by atoms with Gasteiger partial charge in [0.05, 0.1) is 0 Å². The monoisotopic (exact) mass is 249 g/mol. The van der Waals surface area contributed by atoms with Crippen LogP contribution in [-0.4, -0.2) is 68.2 Å². The molecule has 0 aliphatic carbocycles. The molecule has 0 amide bonds. The molecule has 0 spiro atoms. The van der Waals surface area contributed by atoms with Gasteiger partial charge in [0.2, 0.25) is 0 Å². The first-order valence-corrected chi connectivity index (χ1v) is 4.48. The van der Waals surface area contributed by atoms with Crippen LogP contribution in [0.25, 0.3) is 0 Å². The topological polar surface area (TPSA) is 81.8 Å². The van der Waals surface area contributed by atoms with E-state index in [4.69, 9.17) is 10.2 Å². The van der Waals surface area contributed by atoms with Crippen molar-refractivity contribution in [3.63, 3.8) is 0 Å². The molecule has 0 atom stereocenters. The van der Waals surface area contributed by atoms with Gasteiger partial charge in [-0.15, -0.1) is 0 Å². The summed E-state index contributed by atoms with van der Waals surface area (Å²) in [5.41, 5.74) is 7.00. The Morgan fingerprint density at radius 1 is 1.29 bits per heavy atom. The zero-order valence-corrected chi connectivity index (χ0v) is 9.28. The van der Waals surface area contributed by atoms with E-state index in [1.54, 1.807) is 0 Å². The Kier molecular flexibility index (Phi) is 18.9. The molecule has 0 fully saturated rings. The Bertz CT molecular complexity index is 163. The van der Waals surface area contributed by atoms with Crippen LogP contribution in [0.3, 0.4) is 0 Å². The molecule has 0 heterocycles. The summed E-state index contributed by atoms with van der Waals surface area (Å²) in [7, 11) is 0. The summed E-state index contributed by atoms with van der Waals surface area (Å²) in [6, 6.07) is 0. The molecule has 0 aliphatic rings. The van der Waals surface area contributed by atoms with E-state index in [9.17, 15) is 0 Å². The second-order valence-electron chi connectivity index (χ2n) is 1.93. The van der Waals surface area contributed by atoms with Gasteiger partial charge in [-0.25, -0.2) is 5.01 Å². The van der Waals surface area contributed by atoms with Gasteiger partial charge in [-0.3, -0.25) is 5.43 Å². The first-order chi connectivity index (χ1) is 5.93. The number of aliphatic hydroxyl groups is 2. The van der Waals surface area contributed by atoms with Gasteiger partial charge in [0.15, 0.2) is 0 Å². The van der Waals surface area contributed by atoms with Gasteiger partial charge >= 0.3 is 29.6 Å². The van der Waals surface area contributed by atoms with Crippen molar-refractivity contribution < 1.29 is 10.2 Å². The van der Waals surface area contributed by atoms with E-state index in [1.807, 2.05) is 18.9 Å². The number of hydrazine groups is 1. The maximum absolute atomic E-state index is 8.56. The van der Waals surface area contributed by atoms with Gasteiger partial charge in [-0.2, -0.15) is 0 Å². The average molecular weight is 249 g/mol. The summed E-state index contributed by atoms with van der Waals surface area (Å²) in [5.74, 6) is 0. The van der Waals surface area contributed by atoms with Crippen molar-refractivity contribution >= 4 is 64.3 Å². The maximum atomic E-state index is 8.56. The number of rotatable bonds is 3.